The monoisotopic (exact) mass is 428 g/mol. The zero-order valence-corrected chi connectivity index (χ0v) is 17.0. The van der Waals surface area contributed by atoms with Gasteiger partial charge in [0.2, 0.25) is 0 Å². The molecule has 0 rings (SSSR count). The number of hydrogen-bond donors (Lipinski definition) is 2. The fraction of sp³-hybridized carbons (Fsp3) is 0.867. The predicted octanol–water partition coefficient (Wildman–Crippen LogP) is 1.84. The summed E-state index contributed by atoms with van der Waals surface area (Å²) in [5, 5.41) is 6.45. The molecular formula is C15H33IN4O2. The molecule has 0 aromatic heterocycles. The van der Waals surface area contributed by atoms with E-state index in [0.717, 1.165) is 38.4 Å². The Morgan fingerprint density at radius 2 is 1.95 bits per heavy atom. The molecule has 0 bridgehead atoms. The van der Waals surface area contributed by atoms with Gasteiger partial charge in [-0.25, -0.2) is 0 Å². The van der Waals surface area contributed by atoms with Gasteiger partial charge in [0.1, 0.15) is 0 Å². The summed E-state index contributed by atoms with van der Waals surface area (Å²) >= 11 is 0. The van der Waals surface area contributed by atoms with Crippen LogP contribution in [0.4, 0.5) is 0 Å². The number of carbonyl (C=O) groups is 1. The number of nitrogens with zero attached hydrogens (tertiary/aromatic N) is 2. The molecule has 6 nitrogen and oxygen atoms in total. The van der Waals surface area contributed by atoms with Crippen molar-refractivity contribution < 1.29 is 9.53 Å². The summed E-state index contributed by atoms with van der Waals surface area (Å²) in [4.78, 5) is 17.6. The summed E-state index contributed by atoms with van der Waals surface area (Å²) in [6.07, 6.45) is 2.59. The van der Waals surface area contributed by atoms with Gasteiger partial charge >= 0.3 is 5.97 Å². The number of aliphatic imine (C=N–C) groups is 1. The van der Waals surface area contributed by atoms with E-state index < -0.39 is 0 Å². The van der Waals surface area contributed by atoms with Crippen molar-refractivity contribution in [1.82, 2.24) is 15.5 Å². The first-order valence-corrected chi connectivity index (χ1v) is 7.83. The van der Waals surface area contributed by atoms with Crippen LogP contribution in [0.15, 0.2) is 4.99 Å². The van der Waals surface area contributed by atoms with Crippen molar-refractivity contribution in [2.45, 2.75) is 46.1 Å². The van der Waals surface area contributed by atoms with Crippen LogP contribution in [-0.4, -0.2) is 63.2 Å². The summed E-state index contributed by atoms with van der Waals surface area (Å²) in [6.45, 7) is 10.4. The number of carbonyl (C=O) groups excluding carboxylic acids is 1. The molecular weight excluding hydrogens is 395 g/mol. The van der Waals surface area contributed by atoms with Crippen molar-refractivity contribution in [1.29, 1.82) is 0 Å². The summed E-state index contributed by atoms with van der Waals surface area (Å²) < 4.78 is 4.60. The Balaban J connectivity index is 0. The Morgan fingerprint density at radius 3 is 2.45 bits per heavy atom. The summed E-state index contributed by atoms with van der Waals surface area (Å²) in [7, 11) is 3.13. The van der Waals surface area contributed by atoms with Crippen LogP contribution in [0.25, 0.3) is 0 Å². The van der Waals surface area contributed by atoms with Gasteiger partial charge in [0, 0.05) is 19.6 Å². The SMILES string of the molecule is CCN(CC)CCCC(C)NC(=NC)NCCC(=O)OC.I. The third-order valence-electron chi connectivity index (χ3n) is 3.46. The average molecular weight is 428 g/mol. The Bertz CT molecular complexity index is 310. The predicted molar refractivity (Wildman–Crippen MR) is 103 cm³/mol. The summed E-state index contributed by atoms with van der Waals surface area (Å²) in [5.74, 6) is 0.513. The Morgan fingerprint density at radius 1 is 1.32 bits per heavy atom. The van der Waals surface area contributed by atoms with Gasteiger partial charge in [-0.2, -0.15) is 0 Å². The molecule has 1 unspecified atom stereocenters. The Labute approximate surface area is 152 Å². The van der Waals surface area contributed by atoms with Gasteiger partial charge in [-0.1, -0.05) is 13.8 Å². The molecule has 0 spiro atoms. The number of methoxy groups -OCH3 is 1. The number of nitrogens with one attached hydrogen (secondary N) is 2. The molecule has 0 saturated carbocycles. The number of ether oxygens (including phenoxy) is 1. The normalized spacial score (nSPS) is 12.5. The second-order valence-corrected chi connectivity index (χ2v) is 5.04. The minimum absolute atomic E-state index is 0. The van der Waals surface area contributed by atoms with E-state index >= 15 is 0 Å². The highest BCUT2D eigenvalue weighted by Gasteiger charge is 2.07. The molecule has 1 atom stereocenters. The molecule has 132 valence electrons. The molecule has 0 aliphatic heterocycles. The lowest BCUT2D eigenvalue weighted by Crippen LogP contribution is -2.43. The standard InChI is InChI=1S/C15H32N4O2.HI/c1-6-19(7-2)12-8-9-13(3)18-15(16-4)17-11-10-14(20)21-5;/h13H,6-12H2,1-5H3,(H2,16,17,18);1H. The molecule has 0 fully saturated rings. The van der Waals surface area contributed by atoms with Crippen molar-refractivity contribution in [2.75, 3.05) is 40.3 Å². The number of rotatable bonds is 10. The Kier molecular flexibility index (Phi) is 16.5. The quantitative estimate of drug-likeness (QED) is 0.241. The summed E-state index contributed by atoms with van der Waals surface area (Å²) in [5.41, 5.74) is 0. The lowest BCUT2D eigenvalue weighted by atomic mass is 10.2. The number of hydrogen-bond acceptors (Lipinski definition) is 4. The van der Waals surface area contributed by atoms with Crippen LogP contribution >= 0.6 is 24.0 Å². The van der Waals surface area contributed by atoms with Crippen LogP contribution in [0.2, 0.25) is 0 Å². The number of halogens is 1. The third-order valence-corrected chi connectivity index (χ3v) is 3.46. The molecule has 0 aromatic rings. The lowest BCUT2D eigenvalue weighted by Gasteiger charge is -2.21. The molecule has 0 aliphatic rings. The van der Waals surface area contributed by atoms with Crippen molar-refractivity contribution in [2.24, 2.45) is 4.99 Å². The first-order valence-electron chi connectivity index (χ1n) is 7.83. The zero-order chi connectivity index (χ0) is 16.1. The van der Waals surface area contributed by atoms with Crippen molar-refractivity contribution >= 4 is 35.9 Å². The highest BCUT2D eigenvalue weighted by molar-refractivity contribution is 14.0. The number of esters is 1. The van der Waals surface area contributed by atoms with Gasteiger partial charge in [-0.05, 0) is 39.4 Å². The first-order chi connectivity index (χ1) is 10.1. The molecule has 0 amide bonds. The molecule has 7 heteroatoms. The molecule has 0 radical (unpaired) electrons. The third kappa shape index (κ3) is 12.0. The van der Waals surface area contributed by atoms with E-state index in [2.05, 4.69) is 46.0 Å². The van der Waals surface area contributed by atoms with E-state index in [4.69, 9.17) is 0 Å². The summed E-state index contributed by atoms with van der Waals surface area (Å²) in [6, 6.07) is 0.352. The van der Waals surface area contributed by atoms with E-state index in [9.17, 15) is 4.79 Å². The fourth-order valence-electron chi connectivity index (χ4n) is 2.05. The highest BCUT2D eigenvalue weighted by atomic mass is 127. The lowest BCUT2D eigenvalue weighted by molar-refractivity contribution is -0.140. The first kappa shape index (κ1) is 23.7. The van der Waals surface area contributed by atoms with E-state index in [1.807, 2.05) is 0 Å². The van der Waals surface area contributed by atoms with Crippen LogP contribution in [-0.2, 0) is 9.53 Å². The van der Waals surface area contributed by atoms with Gasteiger partial charge in [0.15, 0.2) is 5.96 Å². The molecule has 0 aromatic carbocycles. The topological polar surface area (TPSA) is 66.0 Å². The Hall–Kier alpha value is -0.570. The van der Waals surface area contributed by atoms with E-state index in [0.29, 0.717) is 19.0 Å². The van der Waals surface area contributed by atoms with Crippen molar-refractivity contribution in [3.05, 3.63) is 0 Å². The van der Waals surface area contributed by atoms with Gasteiger partial charge in [-0.3, -0.25) is 9.79 Å². The second-order valence-electron chi connectivity index (χ2n) is 5.04. The molecule has 0 heterocycles. The smallest absolute Gasteiger partial charge is 0.307 e. The van der Waals surface area contributed by atoms with Gasteiger partial charge < -0.3 is 20.3 Å². The van der Waals surface area contributed by atoms with Crippen LogP contribution in [0.1, 0.15) is 40.0 Å². The van der Waals surface area contributed by atoms with E-state index in [-0.39, 0.29) is 29.9 Å². The maximum Gasteiger partial charge on any atom is 0.307 e. The van der Waals surface area contributed by atoms with E-state index in [1.165, 1.54) is 7.11 Å². The average Bonchev–Trinajstić information content (AvgIpc) is 2.50. The fourth-order valence-corrected chi connectivity index (χ4v) is 2.05. The van der Waals surface area contributed by atoms with Gasteiger partial charge in [0.05, 0.1) is 13.5 Å². The van der Waals surface area contributed by atoms with E-state index in [1.54, 1.807) is 7.05 Å². The van der Waals surface area contributed by atoms with Crippen molar-refractivity contribution in [3.8, 4) is 0 Å². The van der Waals surface area contributed by atoms with Crippen LogP contribution in [0.3, 0.4) is 0 Å². The molecule has 2 N–H and O–H groups in total. The van der Waals surface area contributed by atoms with Crippen molar-refractivity contribution in [3.63, 3.8) is 0 Å². The van der Waals surface area contributed by atoms with Crippen LogP contribution in [0, 0.1) is 0 Å². The highest BCUT2D eigenvalue weighted by Crippen LogP contribution is 1.99. The number of guanidine groups is 1. The molecule has 22 heavy (non-hydrogen) atoms. The largest absolute Gasteiger partial charge is 0.469 e. The van der Waals surface area contributed by atoms with Crippen LogP contribution < -0.4 is 10.6 Å². The molecule has 0 aliphatic carbocycles. The minimum Gasteiger partial charge on any atom is -0.469 e. The minimum atomic E-state index is -0.217. The maximum absolute atomic E-state index is 11.0. The maximum atomic E-state index is 11.0. The second kappa shape index (κ2) is 15.3. The molecule has 0 saturated heterocycles. The zero-order valence-electron chi connectivity index (χ0n) is 14.6. The van der Waals surface area contributed by atoms with Crippen LogP contribution in [0.5, 0.6) is 0 Å². The van der Waals surface area contributed by atoms with Gasteiger partial charge in [0.25, 0.3) is 0 Å². The van der Waals surface area contributed by atoms with Gasteiger partial charge in [-0.15, -0.1) is 24.0 Å².